The Kier molecular flexibility index (Phi) is 6.86. The number of hydrogen-bond acceptors (Lipinski definition) is 4. The minimum Gasteiger partial charge on any atom is -0.492 e. The van der Waals surface area contributed by atoms with Gasteiger partial charge in [0.05, 0.1) is 19.2 Å². The summed E-state index contributed by atoms with van der Waals surface area (Å²) in [6.45, 7) is 6.13. The van der Waals surface area contributed by atoms with E-state index in [1.807, 2.05) is 31.2 Å². The smallest absolute Gasteiger partial charge is 0.234 e. The van der Waals surface area contributed by atoms with Crippen LogP contribution in [0.1, 0.15) is 31.7 Å². The lowest BCUT2D eigenvalue weighted by atomic mass is 10.1. The van der Waals surface area contributed by atoms with Crippen molar-refractivity contribution < 1.29 is 14.6 Å². The first-order valence-corrected chi connectivity index (χ1v) is 8.43. The molecular formula is C18H28N2O3. The second kappa shape index (κ2) is 8.89. The van der Waals surface area contributed by atoms with E-state index in [1.165, 1.54) is 0 Å². The number of carbonyl (C=O) groups is 1. The van der Waals surface area contributed by atoms with E-state index >= 15 is 0 Å². The van der Waals surface area contributed by atoms with Gasteiger partial charge < -0.3 is 15.2 Å². The van der Waals surface area contributed by atoms with E-state index in [0.717, 1.165) is 37.1 Å². The van der Waals surface area contributed by atoms with Gasteiger partial charge in [-0.25, -0.2) is 0 Å². The van der Waals surface area contributed by atoms with Crippen LogP contribution in [0.15, 0.2) is 24.3 Å². The topological polar surface area (TPSA) is 61.8 Å². The molecule has 2 unspecified atom stereocenters. The Bertz CT molecular complexity index is 505. The molecule has 1 aromatic carbocycles. The monoisotopic (exact) mass is 320 g/mol. The van der Waals surface area contributed by atoms with Crippen molar-refractivity contribution in [3.05, 3.63) is 29.8 Å². The maximum atomic E-state index is 12.0. The third kappa shape index (κ3) is 6.20. The molecule has 1 fully saturated rings. The number of aliphatic hydroxyl groups is 1. The molecule has 0 saturated carbocycles. The van der Waals surface area contributed by atoms with Crippen molar-refractivity contribution in [3.8, 4) is 5.75 Å². The fraction of sp³-hybridized carbons (Fsp3) is 0.611. The lowest BCUT2D eigenvalue weighted by Gasteiger charge is -2.24. The van der Waals surface area contributed by atoms with Gasteiger partial charge in [0.15, 0.2) is 0 Å². The van der Waals surface area contributed by atoms with Crippen LogP contribution in [0.5, 0.6) is 5.75 Å². The fourth-order valence-corrected chi connectivity index (χ4v) is 3.07. The van der Waals surface area contributed by atoms with Crippen LogP contribution in [0.3, 0.4) is 0 Å². The van der Waals surface area contributed by atoms with E-state index in [2.05, 4.69) is 10.2 Å². The Balaban J connectivity index is 1.65. The Morgan fingerprint density at radius 1 is 1.52 bits per heavy atom. The Morgan fingerprint density at radius 2 is 2.35 bits per heavy atom. The van der Waals surface area contributed by atoms with Gasteiger partial charge >= 0.3 is 0 Å². The van der Waals surface area contributed by atoms with E-state index < -0.39 is 0 Å². The standard InChI is InChI=1S/C18H28N2O3/c1-14-5-3-7-17(11-14)23-10-8-19-18(22)13-20-9-4-6-16(20)12-15(2)21/h3,5,7,11,15-16,21H,4,6,8-10,12-13H2,1-2H3,(H,19,22). The molecule has 1 aliphatic rings. The maximum absolute atomic E-state index is 12.0. The highest BCUT2D eigenvalue weighted by molar-refractivity contribution is 5.78. The maximum Gasteiger partial charge on any atom is 0.234 e. The molecule has 128 valence electrons. The second-order valence-electron chi connectivity index (χ2n) is 6.37. The molecule has 23 heavy (non-hydrogen) atoms. The summed E-state index contributed by atoms with van der Waals surface area (Å²) in [7, 11) is 0. The van der Waals surface area contributed by atoms with Crippen LogP contribution >= 0.6 is 0 Å². The van der Waals surface area contributed by atoms with Gasteiger partial charge in [0, 0.05) is 6.04 Å². The minimum absolute atomic E-state index is 0.0235. The molecular weight excluding hydrogens is 292 g/mol. The molecule has 0 aromatic heterocycles. The number of carbonyl (C=O) groups excluding carboxylic acids is 1. The van der Waals surface area contributed by atoms with E-state index in [0.29, 0.717) is 25.7 Å². The van der Waals surface area contributed by atoms with Gasteiger partial charge in [-0.2, -0.15) is 0 Å². The van der Waals surface area contributed by atoms with E-state index in [-0.39, 0.29) is 12.0 Å². The average molecular weight is 320 g/mol. The highest BCUT2D eigenvalue weighted by Crippen LogP contribution is 2.20. The Hall–Kier alpha value is -1.59. The van der Waals surface area contributed by atoms with E-state index in [9.17, 15) is 9.90 Å². The average Bonchev–Trinajstić information content (AvgIpc) is 2.90. The molecule has 5 heteroatoms. The predicted octanol–water partition coefficient (Wildman–Crippen LogP) is 1.73. The summed E-state index contributed by atoms with van der Waals surface area (Å²) in [4.78, 5) is 14.2. The van der Waals surface area contributed by atoms with Crippen molar-refractivity contribution >= 4 is 5.91 Å². The summed E-state index contributed by atoms with van der Waals surface area (Å²) < 4.78 is 5.62. The third-order valence-electron chi connectivity index (χ3n) is 4.14. The number of hydrogen-bond donors (Lipinski definition) is 2. The SMILES string of the molecule is Cc1cccc(OCCNC(=O)CN2CCCC2CC(C)O)c1. The highest BCUT2D eigenvalue weighted by Gasteiger charge is 2.26. The normalized spacial score (nSPS) is 19.5. The minimum atomic E-state index is -0.314. The molecule has 1 saturated heterocycles. The van der Waals surface area contributed by atoms with Gasteiger partial charge in [0.2, 0.25) is 5.91 Å². The van der Waals surface area contributed by atoms with Crippen LogP contribution in [0.25, 0.3) is 0 Å². The van der Waals surface area contributed by atoms with Crippen LogP contribution in [-0.4, -0.2) is 54.3 Å². The van der Waals surface area contributed by atoms with Crippen molar-refractivity contribution in [2.45, 2.75) is 45.3 Å². The van der Waals surface area contributed by atoms with Crippen LogP contribution in [0.2, 0.25) is 0 Å². The van der Waals surface area contributed by atoms with Crippen LogP contribution in [-0.2, 0) is 4.79 Å². The first-order valence-electron chi connectivity index (χ1n) is 8.43. The second-order valence-corrected chi connectivity index (χ2v) is 6.37. The van der Waals surface area contributed by atoms with Crippen molar-refractivity contribution in [1.82, 2.24) is 10.2 Å². The van der Waals surface area contributed by atoms with Gasteiger partial charge in [-0.15, -0.1) is 0 Å². The van der Waals surface area contributed by atoms with Crippen LogP contribution in [0.4, 0.5) is 0 Å². The number of amides is 1. The molecule has 2 rings (SSSR count). The van der Waals surface area contributed by atoms with Crippen molar-refractivity contribution in [2.24, 2.45) is 0 Å². The fourth-order valence-electron chi connectivity index (χ4n) is 3.07. The predicted molar refractivity (Wildman–Crippen MR) is 90.6 cm³/mol. The van der Waals surface area contributed by atoms with Crippen LogP contribution < -0.4 is 10.1 Å². The number of aryl methyl sites for hydroxylation is 1. The summed E-state index contributed by atoms with van der Waals surface area (Å²) in [6.07, 6.45) is 2.59. The number of rotatable bonds is 8. The lowest BCUT2D eigenvalue weighted by molar-refractivity contribution is -0.122. The van der Waals surface area contributed by atoms with Crippen LogP contribution in [0, 0.1) is 6.92 Å². The molecule has 0 bridgehead atoms. The molecule has 2 N–H and O–H groups in total. The zero-order chi connectivity index (χ0) is 16.7. The molecule has 0 aliphatic carbocycles. The Morgan fingerprint density at radius 3 is 3.09 bits per heavy atom. The number of nitrogens with zero attached hydrogens (tertiary/aromatic N) is 1. The number of aliphatic hydroxyl groups excluding tert-OH is 1. The summed E-state index contributed by atoms with van der Waals surface area (Å²) in [5.74, 6) is 0.853. The summed E-state index contributed by atoms with van der Waals surface area (Å²) >= 11 is 0. The van der Waals surface area contributed by atoms with Gasteiger partial charge in [0.1, 0.15) is 12.4 Å². The summed E-state index contributed by atoms with van der Waals surface area (Å²) in [5, 5.41) is 12.4. The number of nitrogens with one attached hydrogen (secondary N) is 1. The van der Waals surface area contributed by atoms with E-state index in [4.69, 9.17) is 4.74 Å². The number of likely N-dealkylation sites (tertiary alicyclic amines) is 1. The van der Waals surface area contributed by atoms with Gasteiger partial charge in [-0.1, -0.05) is 12.1 Å². The van der Waals surface area contributed by atoms with Crippen molar-refractivity contribution in [1.29, 1.82) is 0 Å². The number of benzene rings is 1. The van der Waals surface area contributed by atoms with Gasteiger partial charge in [0.25, 0.3) is 0 Å². The summed E-state index contributed by atoms with van der Waals surface area (Å²) in [6, 6.07) is 8.20. The van der Waals surface area contributed by atoms with Gasteiger partial charge in [-0.3, -0.25) is 9.69 Å². The lowest BCUT2D eigenvalue weighted by Crippen LogP contribution is -2.41. The molecule has 0 spiro atoms. The molecule has 1 heterocycles. The quantitative estimate of drug-likeness (QED) is 0.716. The molecule has 2 atom stereocenters. The van der Waals surface area contributed by atoms with Crippen molar-refractivity contribution in [2.75, 3.05) is 26.2 Å². The highest BCUT2D eigenvalue weighted by atomic mass is 16.5. The third-order valence-corrected chi connectivity index (χ3v) is 4.14. The Labute approximate surface area is 138 Å². The summed E-state index contributed by atoms with van der Waals surface area (Å²) in [5.41, 5.74) is 1.16. The first-order chi connectivity index (χ1) is 11.0. The molecule has 1 aliphatic heterocycles. The van der Waals surface area contributed by atoms with Crippen molar-refractivity contribution in [3.63, 3.8) is 0 Å². The molecule has 1 aromatic rings. The first kappa shape index (κ1) is 17.8. The number of ether oxygens (including phenoxy) is 1. The largest absolute Gasteiger partial charge is 0.492 e. The molecule has 1 amide bonds. The molecule has 5 nitrogen and oxygen atoms in total. The zero-order valence-corrected chi connectivity index (χ0v) is 14.1. The zero-order valence-electron chi connectivity index (χ0n) is 14.1. The van der Waals surface area contributed by atoms with Gasteiger partial charge in [-0.05, 0) is 57.4 Å². The molecule has 0 radical (unpaired) electrons. The van der Waals surface area contributed by atoms with E-state index in [1.54, 1.807) is 6.92 Å².